The third kappa shape index (κ3) is 10.4. The third-order valence-electron chi connectivity index (χ3n) is 4.44. The summed E-state index contributed by atoms with van der Waals surface area (Å²) in [4.78, 5) is 58.8. The van der Waals surface area contributed by atoms with Gasteiger partial charge in [0.25, 0.3) is 20.2 Å². The first-order chi connectivity index (χ1) is 14.2. The van der Waals surface area contributed by atoms with Gasteiger partial charge in [-0.3, -0.25) is 23.5 Å². The molecule has 31 heavy (non-hydrogen) atoms. The predicted molar refractivity (Wildman–Crippen MR) is 102 cm³/mol. The Morgan fingerprint density at radius 2 is 1.35 bits per heavy atom. The molecule has 4 atom stereocenters. The second kappa shape index (κ2) is 11.3. The Morgan fingerprint density at radius 3 is 1.81 bits per heavy atom. The van der Waals surface area contributed by atoms with Crippen molar-refractivity contribution in [3.05, 3.63) is 0 Å². The molecule has 16 heteroatoms. The van der Waals surface area contributed by atoms with E-state index < -0.39 is 79.9 Å². The van der Waals surface area contributed by atoms with Crippen LogP contribution in [0.2, 0.25) is 0 Å². The number of nitrogens with one attached hydrogen (secondary N) is 3. The zero-order chi connectivity index (χ0) is 23.8. The van der Waals surface area contributed by atoms with Gasteiger partial charge in [-0.1, -0.05) is 0 Å². The lowest BCUT2D eigenvalue weighted by Gasteiger charge is -2.30. The summed E-state index contributed by atoms with van der Waals surface area (Å²) < 4.78 is 60.4. The smallest absolute Gasteiger partial charge is 0.283 e. The summed E-state index contributed by atoms with van der Waals surface area (Å²) in [6.07, 6.45) is 0.832. The lowest BCUT2D eigenvalue weighted by molar-refractivity contribution is -0.134. The van der Waals surface area contributed by atoms with Gasteiger partial charge in [-0.05, 0) is 19.3 Å². The van der Waals surface area contributed by atoms with E-state index in [1.54, 1.807) is 10.6 Å². The van der Waals surface area contributed by atoms with E-state index in [2.05, 4.69) is 5.32 Å². The van der Waals surface area contributed by atoms with Gasteiger partial charge in [-0.15, -0.1) is 0 Å². The molecule has 1 rings (SSSR count). The molecule has 0 heterocycles. The first-order valence-corrected chi connectivity index (χ1v) is 12.1. The molecule has 1 saturated carbocycles. The lowest BCUT2D eigenvalue weighted by atomic mass is 9.76. The minimum atomic E-state index is -4.62. The highest BCUT2D eigenvalue weighted by Crippen LogP contribution is 2.31. The van der Waals surface area contributed by atoms with Crippen LogP contribution in [-0.2, 0) is 44.2 Å². The van der Waals surface area contributed by atoms with Gasteiger partial charge < -0.3 is 25.5 Å². The summed E-state index contributed by atoms with van der Waals surface area (Å²) in [7, 11) is -9.18. The van der Waals surface area contributed by atoms with E-state index in [1.165, 1.54) is 0 Å². The number of aldehydes is 2. The Labute approximate surface area is 178 Å². The number of carbonyl (C=O) groups excluding carboxylic acids is 5. The van der Waals surface area contributed by atoms with Gasteiger partial charge >= 0.3 is 0 Å². The van der Waals surface area contributed by atoms with Crippen molar-refractivity contribution in [2.45, 2.75) is 31.7 Å². The molecule has 0 spiro atoms. The summed E-state index contributed by atoms with van der Waals surface area (Å²) >= 11 is 0. The summed E-state index contributed by atoms with van der Waals surface area (Å²) in [6, 6.07) is -1.68. The van der Waals surface area contributed by atoms with Crippen LogP contribution in [0.15, 0.2) is 0 Å². The van der Waals surface area contributed by atoms with Crippen LogP contribution in [0.1, 0.15) is 25.7 Å². The van der Waals surface area contributed by atoms with Crippen LogP contribution in [0.25, 0.3) is 0 Å². The van der Waals surface area contributed by atoms with E-state index in [0.717, 1.165) is 0 Å². The van der Waals surface area contributed by atoms with Crippen LogP contribution >= 0.6 is 0 Å². The second-order valence-corrected chi connectivity index (χ2v) is 9.96. The molecule has 1 aliphatic rings. The van der Waals surface area contributed by atoms with E-state index in [1.807, 2.05) is 0 Å². The minimum absolute atomic E-state index is 0.0913. The summed E-state index contributed by atoms with van der Waals surface area (Å²) in [5.74, 6) is -7.40. The highest BCUT2D eigenvalue weighted by molar-refractivity contribution is 7.86. The molecule has 0 aliphatic heterocycles. The van der Waals surface area contributed by atoms with Gasteiger partial charge in [-0.25, -0.2) is 0 Å². The quantitative estimate of drug-likeness (QED) is 0.148. The van der Waals surface area contributed by atoms with E-state index in [-0.39, 0.29) is 19.3 Å². The van der Waals surface area contributed by atoms with Gasteiger partial charge in [0, 0.05) is 17.8 Å². The largest absolute Gasteiger partial charge is 0.344 e. The summed E-state index contributed by atoms with van der Waals surface area (Å²) in [5, 5.41) is 5.80. The van der Waals surface area contributed by atoms with Crippen LogP contribution in [0.4, 0.5) is 0 Å². The normalized spacial score (nSPS) is 22.6. The van der Waals surface area contributed by atoms with E-state index in [9.17, 15) is 40.8 Å². The van der Waals surface area contributed by atoms with Gasteiger partial charge in [0.05, 0.1) is 6.42 Å². The highest BCUT2D eigenvalue weighted by atomic mass is 32.2. The maximum atomic E-state index is 12.6. The topological polar surface area (TPSA) is 230 Å². The fourth-order valence-electron chi connectivity index (χ4n) is 3.06. The summed E-state index contributed by atoms with van der Waals surface area (Å²) in [6.45, 7) is 0. The van der Waals surface area contributed by atoms with Crippen molar-refractivity contribution in [2.75, 3.05) is 11.8 Å². The van der Waals surface area contributed by atoms with Crippen molar-refractivity contribution in [3.8, 4) is 0 Å². The average Bonchev–Trinajstić information content (AvgIpc) is 2.68. The minimum Gasteiger partial charge on any atom is -0.344 e. The average molecular weight is 485 g/mol. The van der Waals surface area contributed by atoms with Crippen LogP contribution in [-0.4, -0.2) is 74.0 Å². The van der Waals surface area contributed by atoms with Gasteiger partial charge in [0.2, 0.25) is 17.7 Å². The first-order valence-electron chi connectivity index (χ1n) is 8.89. The van der Waals surface area contributed by atoms with E-state index in [4.69, 9.17) is 9.11 Å². The van der Waals surface area contributed by atoms with Crippen molar-refractivity contribution in [2.24, 2.45) is 17.8 Å². The number of amides is 3. The highest BCUT2D eigenvalue weighted by Gasteiger charge is 2.35. The van der Waals surface area contributed by atoms with Crippen LogP contribution in [0.5, 0.6) is 0 Å². The maximum Gasteiger partial charge on any atom is 0.283 e. The molecule has 0 radical (unpaired) electrons. The zero-order valence-electron chi connectivity index (χ0n) is 16.1. The van der Waals surface area contributed by atoms with Gasteiger partial charge in [-0.2, -0.15) is 16.8 Å². The summed E-state index contributed by atoms with van der Waals surface area (Å²) in [5.41, 5.74) is 0. The van der Waals surface area contributed by atoms with Crippen LogP contribution in [0, 0.1) is 17.8 Å². The van der Waals surface area contributed by atoms with E-state index >= 15 is 0 Å². The Balaban J connectivity index is 2.91. The molecule has 5 N–H and O–H groups in total. The third-order valence-corrected chi connectivity index (χ3v) is 5.46. The Kier molecular flexibility index (Phi) is 9.67. The molecule has 0 saturated heterocycles. The molecule has 1 unspecified atom stereocenters. The maximum absolute atomic E-state index is 12.6. The molecular formula is C15H23N3O11S2. The SMILES string of the molecule is O=C[C@@H]1CC(C(=O)N[C@H](CC(=O)NCS(=O)(=O)O)C(=O)NCS(=O)(=O)O)C[C@H](C=O)C1. The molecule has 0 bridgehead atoms. The number of rotatable bonds is 11. The molecule has 0 aromatic rings. The standard InChI is InChI=1S/C15H23N3O11S2/c19-5-9-1-10(6-20)3-11(2-9)14(22)18-12(15(23)17-8-31(27,28)29)4-13(21)16-7-30(24,25)26/h5-6,9-12H,1-4,7-8H2,(H,16,21)(H,17,23)(H,18,22)(H,24,25,26)(H,27,28,29)/t9-,10+,11?,12-/m1/s1. The molecule has 0 aromatic heterocycles. The molecule has 176 valence electrons. The molecule has 1 fully saturated rings. The molecule has 14 nitrogen and oxygen atoms in total. The van der Waals surface area contributed by atoms with Crippen molar-refractivity contribution in [1.82, 2.24) is 16.0 Å². The first kappa shape index (κ1) is 26.6. The Hall–Kier alpha value is -2.43. The Morgan fingerprint density at radius 1 is 0.871 bits per heavy atom. The lowest BCUT2D eigenvalue weighted by Crippen LogP contribution is -2.52. The predicted octanol–water partition coefficient (Wildman–Crippen LogP) is -2.79. The van der Waals surface area contributed by atoms with Crippen LogP contribution in [0.3, 0.4) is 0 Å². The van der Waals surface area contributed by atoms with Crippen molar-refractivity contribution in [1.29, 1.82) is 0 Å². The fraction of sp³-hybridized carbons (Fsp3) is 0.667. The molecule has 0 aromatic carbocycles. The monoisotopic (exact) mass is 485 g/mol. The fourth-order valence-corrected chi connectivity index (χ4v) is 3.73. The number of carbonyl (C=O) groups is 5. The van der Waals surface area contributed by atoms with Crippen molar-refractivity contribution in [3.63, 3.8) is 0 Å². The van der Waals surface area contributed by atoms with Crippen molar-refractivity contribution >= 4 is 50.5 Å². The van der Waals surface area contributed by atoms with E-state index in [0.29, 0.717) is 12.6 Å². The van der Waals surface area contributed by atoms with Crippen LogP contribution < -0.4 is 16.0 Å². The second-order valence-electron chi connectivity index (χ2n) is 7.06. The Bertz CT molecular complexity index is 900. The zero-order valence-corrected chi connectivity index (χ0v) is 17.7. The van der Waals surface area contributed by atoms with Gasteiger partial charge in [0.1, 0.15) is 30.4 Å². The molecule has 1 aliphatic carbocycles. The van der Waals surface area contributed by atoms with Gasteiger partial charge in [0.15, 0.2) is 0 Å². The molecule has 3 amide bonds. The van der Waals surface area contributed by atoms with Crippen molar-refractivity contribution < 1.29 is 49.9 Å². The number of hydrogen-bond acceptors (Lipinski definition) is 9. The number of hydrogen-bond donors (Lipinski definition) is 5. The molecular weight excluding hydrogens is 462 g/mol.